The Hall–Kier alpha value is -3.67. The number of anilines is 3. The zero-order valence-electron chi connectivity index (χ0n) is 13.9. The summed E-state index contributed by atoms with van der Waals surface area (Å²) in [6, 6.07) is 12.9. The van der Waals surface area contributed by atoms with Gasteiger partial charge in [0.25, 0.3) is 0 Å². The Balaban J connectivity index is 1.86. The first kappa shape index (κ1) is 15.8. The Kier molecular flexibility index (Phi) is 4.07. The lowest BCUT2D eigenvalue weighted by molar-refractivity contribution is -0.109. The molecule has 1 aromatic carbocycles. The molecule has 6 heteroatoms. The van der Waals surface area contributed by atoms with Crippen molar-refractivity contribution in [2.75, 3.05) is 11.1 Å². The number of pyridine rings is 2. The van der Waals surface area contributed by atoms with E-state index in [-0.39, 0.29) is 0 Å². The number of aromatic nitrogens is 2. The van der Waals surface area contributed by atoms with Crippen molar-refractivity contribution < 1.29 is 4.79 Å². The van der Waals surface area contributed by atoms with Crippen molar-refractivity contribution in [3.05, 3.63) is 72.2 Å². The van der Waals surface area contributed by atoms with E-state index in [1.165, 1.54) is 0 Å². The van der Waals surface area contributed by atoms with E-state index in [9.17, 15) is 4.79 Å². The molecule has 0 fully saturated rings. The van der Waals surface area contributed by atoms with Crippen LogP contribution in [0.2, 0.25) is 0 Å². The van der Waals surface area contributed by atoms with Crippen molar-refractivity contribution in [1.82, 2.24) is 15.3 Å². The molecule has 1 unspecified atom stereocenters. The zero-order valence-corrected chi connectivity index (χ0v) is 13.9. The number of carbonyl (C=O) groups excluding carboxylic acids is 1. The third kappa shape index (κ3) is 2.88. The van der Waals surface area contributed by atoms with Crippen molar-refractivity contribution in [3.63, 3.8) is 0 Å². The van der Waals surface area contributed by atoms with Gasteiger partial charge >= 0.3 is 0 Å². The minimum atomic E-state index is -0.476. The minimum absolute atomic E-state index is 0.459. The second-order valence-electron chi connectivity index (χ2n) is 5.92. The van der Waals surface area contributed by atoms with E-state index in [0.717, 1.165) is 34.2 Å². The molecule has 3 aromatic rings. The average Bonchev–Trinajstić information content (AvgIpc) is 2.69. The van der Waals surface area contributed by atoms with Gasteiger partial charge in [-0.05, 0) is 42.1 Å². The maximum Gasteiger partial charge on any atom is 0.146 e. The summed E-state index contributed by atoms with van der Waals surface area (Å²) in [4.78, 5) is 20.4. The molecule has 0 bridgehead atoms. The molecule has 3 heterocycles. The molecule has 4 rings (SSSR count). The quantitative estimate of drug-likeness (QED) is 0.630. The third-order valence-electron chi connectivity index (χ3n) is 4.26. The predicted octanol–water partition coefficient (Wildman–Crippen LogP) is 3.28. The largest absolute Gasteiger partial charge is 0.384 e. The van der Waals surface area contributed by atoms with Gasteiger partial charge in [0.05, 0.1) is 0 Å². The van der Waals surface area contributed by atoms with E-state index < -0.39 is 6.04 Å². The van der Waals surface area contributed by atoms with Crippen LogP contribution in [0.3, 0.4) is 0 Å². The molecule has 0 spiro atoms. The van der Waals surface area contributed by atoms with Crippen LogP contribution in [-0.4, -0.2) is 16.3 Å². The first-order chi connectivity index (χ1) is 12.8. The number of hydrogen-bond donors (Lipinski definition) is 3. The van der Waals surface area contributed by atoms with Crippen LogP contribution in [0.25, 0.3) is 17.2 Å². The van der Waals surface area contributed by atoms with Crippen LogP contribution in [-0.2, 0) is 4.79 Å². The lowest BCUT2D eigenvalue weighted by Gasteiger charge is -2.24. The molecule has 26 heavy (non-hydrogen) atoms. The molecule has 2 aromatic heterocycles. The Morgan fingerprint density at radius 3 is 2.65 bits per heavy atom. The summed E-state index contributed by atoms with van der Waals surface area (Å²) in [6.07, 6.45) is 8.10. The molecule has 0 saturated heterocycles. The topological polar surface area (TPSA) is 92.9 Å². The van der Waals surface area contributed by atoms with Crippen LogP contribution in [0.15, 0.2) is 61.1 Å². The summed E-state index contributed by atoms with van der Waals surface area (Å²) in [5.41, 5.74) is 10.1. The lowest BCUT2D eigenvalue weighted by atomic mass is 9.92. The molecule has 128 valence electrons. The SMILES string of the molecule is Nc1ccc(-c2cnc(Nc3ccccc3)c3c2C=CNC3C=O)cn1. The maximum absolute atomic E-state index is 11.6. The van der Waals surface area contributed by atoms with E-state index in [1.807, 2.05) is 42.5 Å². The highest BCUT2D eigenvalue weighted by atomic mass is 16.1. The third-order valence-corrected chi connectivity index (χ3v) is 4.26. The number of nitrogens with one attached hydrogen (secondary N) is 2. The van der Waals surface area contributed by atoms with Gasteiger partial charge in [-0.1, -0.05) is 18.2 Å². The van der Waals surface area contributed by atoms with Crippen molar-refractivity contribution in [3.8, 4) is 11.1 Å². The van der Waals surface area contributed by atoms with E-state index in [0.29, 0.717) is 11.6 Å². The number of aldehydes is 1. The van der Waals surface area contributed by atoms with Crippen molar-refractivity contribution in [1.29, 1.82) is 0 Å². The molecular weight excluding hydrogens is 326 g/mol. The monoisotopic (exact) mass is 343 g/mol. The van der Waals surface area contributed by atoms with Gasteiger partial charge < -0.3 is 21.2 Å². The maximum atomic E-state index is 11.6. The number of nitrogen functional groups attached to an aromatic ring is 1. The molecular formula is C20H17N5O. The van der Waals surface area contributed by atoms with Crippen molar-refractivity contribution >= 4 is 29.7 Å². The first-order valence-electron chi connectivity index (χ1n) is 8.21. The fraction of sp³-hybridized carbons (Fsp3) is 0.0500. The fourth-order valence-electron chi connectivity index (χ4n) is 3.01. The first-order valence-corrected chi connectivity index (χ1v) is 8.21. The van der Waals surface area contributed by atoms with E-state index in [4.69, 9.17) is 5.73 Å². The number of hydrogen-bond acceptors (Lipinski definition) is 6. The van der Waals surface area contributed by atoms with Crippen LogP contribution in [0.5, 0.6) is 0 Å². The highest BCUT2D eigenvalue weighted by Crippen LogP contribution is 2.36. The van der Waals surface area contributed by atoms with E-state index >= 15 is 0 Å². The average molecular weight is 343 g/mol. The molecule has 0 radical (unpaired) electrons. The summed E-state index contributed by atoms with van der Waals surface area (Å²) in [7, 11) is 0. The van der Waals surface area contributed by atoms with Crippen molar-refractivity contribution in [2.24, 2.45) is 0 Å². The van der Waals surface area contributed by atoms with Crippen LogP contribution in [0.1, 0.15) is 17.2 Å². The number of para-hydroxylation sites is 1. The summed E-state index contributed by atoms with van der Waals surface area (Å²) in [5.74, 6) is 1.10. The van der Waals surface area contributed by atoms with Crippen LogP contribution >= 0.6 is 0 Å². The molecule has 4 N–H and O–H groups in total. The van der Waals surface area contributed by atoms with E-state index in [2.05, 4.69) is 20.6 Å². The van der Waals surface area contributed by atoms with E-state index in [1.54, 1.807) is 24.7 Å². The zero-order chi connectivity index (χ0) is 17.9. The van der Waals surface area contributed by atoms with Gasteiger partial charge in [-0.15, -0.1) is 0 Å². The summed E-state index contributed by atoms with van der Waals surface area (Å²) >= 11 is 0. The van der Waals surface area contributed by atoms with Gasteiger partial charge in [0.2, 0.25) is 0 Å². The molecule has 1 aliphatic rings. The number of fused-ring (bicyclic) bond motifs is 1. The number of carbonyl (C=O) groups is 1. The predicted molar refractivity (Wildman–Crippen MR) is 103 cm³/mol. The lowest BCUT2D eigenvalue weighted by Crippen LogP contribution is -2.23. The Morgan fingerprint density at radius 1 is 1.08 bits per heavy atom. The highest BCUT2D eigenvalue weighted by molar-refractivity contribution is 5.85. The Bertz CT molecular complexity index is 967. The van der Waals surface area contributed by atoms with Gasteiger partial charge in [0, 0.05) is 34.8 Å². The van der Waals surface area contributed by atoms with Crippen LogP contribution in [0, 0.1) is 0 Å². The van der Waals surface area contributed by atoms with Crippen molar-refractivity contribution in [2.45, 2.75) is 6.04 Å². The standard InChI is InChI=1S/C20H17N5O/c21-18-7-6-13(10-23-18)16-11-24-20(25-14-4-2-1-3-5-14)19-15(16)8-9-22-17(19)12-26/h1-12,17,22H,(H2,21,23)(H,24,25). The molecule has 0 aliphatic carbocycles. The molecule has 6 nitrogen and oxygen atoms in total. The number of rotatable bonds is 4. The molecule has 0 saturated carbocycles. The summed E-state index contributed by atoms with van der Waals surface area (Å²) < 4.78 is 0. The second-order valence-corrected chi connectivity index (χ2v) is 5.92. The van der Waals surface area contributed by atoms with Gasteiger partial charge in [-0.2, -0.15) is 0 Å². The number of nitrogens with two attached hydrogens (primary N) is 1. The molecule has 1 aliphatic heterocycles. The second kappa shape index (κ2) is 6.68. The van der Waals surface area contributed by atoms with Gasteiger partial charge in [-0.25, -0.2) is 9.97 Å². The Labute approximate surface area is 150 Å². The normalized spacial score (nSPS) is 15.0. The summed E-state index contributed by atoms with van der Waals surface area (Å²) in [6.45, 7) is 0. The van der Waals surface area contributed by atoms with Gasteiger partial charge in [0.15, 0.2) is 0 Å². The highest BCUT2D eigenvalue weighted by Gasteiger charge is 2.24. The minimum Gasteiger partial charge on any atom is -0.384 e. The summed E-state index contributed by atoms with van der Waals surface area (Å²) in [5, 5.41) is 6.38. The molecule has 0 amide bonds. The number of nitrogens with zero attached hydrogens (tertiary/aromatic N) is 2. The molecule has 1 atom stereocenters. The van der Waals surface area contributed by atoms with Gasteiger partial charge in [-0.3, -0.25) is 0 Å². The smallest absolute Gasteiger partial charge is 0.146 e. The Morgan fingerprint density at radius 2 is 1.92 bits per heavy atom. The number of benzene rings is 1. The fourth-order valence-corrected chi connectivity index (χ4v) is 3.01. The van der Waals surface area contributed by atoms with Crippen LogP contribution < -0.4 is 16.4 Å². The van der Waals surface area contributed by atoms with Crippen LogP contribution in [0.4, 0.5) is 17.3 Å². The van der Waals surface area contributed by atoms with Gasteiger partial charge in [0.1, 0.15) is 24.0 Å².